The minimum Gasteiger partial charge on any atom is -0.355 e. The van der Waals surface area contributed by atoms with E-state index in [4.69, 9.17) is 5.73 Å². The molecule has 1 aromatic heterocycles. The number of likely N-dealkylation sites (tertiary alicyclic amines) is 1. The van der Waals surface area contributed by atoms with E-state index in [1.807, 2.05) is 0 Å². The van der Waals surface area contributed by atoms with Gasteiger partial charge in [-0.3, -0.25) is 9.59 Å². The summed E-state index contributed by atoms with van der Waals surface area (Å²) in [5.41, 5.74) is 6.71. The molecule has 0 bridgehead atoms. The minimum absolute atomic E-state index is 0.0725. The van der Waals surface area contributed by atoms with E-state index in [9.17, 15) is 14.0 Å². The molecule has 1 aliphatic heterocycles. The van der Waals surface area contributed by atoms with Gasteiger partial charge in [-0.1, -0.05) is 12.1 Å². The molecule has 3 N–H and O–H groups in total. The molecule has 2 aromatic rings. The molecule has 0 radical (unpaired) electrons. The summed E-state index contributed by atoms with van der Waals surface area (Å²) in [6.45, 7) is 3.50. The van der Waals surface area contributed by atoms with E-state index in [1.165, 1.54) is 16.9 Å². The van der Waals surface area contributed by atoms with E-state index in [1.54, 1.807) is 30.0 Å². The van der Waals surface area contributed by atoms with Gasteiger partial charge in [0.25, 0.3) is 5.91 Å². The first-order valence-corrected chi connectivity index (χ1v) is 9.09. The molecule has 7 nitrogen and oxygen atoms in total. The second kappa shape index (κ2) is 8.30. The fraction of sp³-hybridized carbons (Fsp3) is 0.421. The first-order valence-electron chi connectivity index (χ1n) is 9.09. The van der Waals surface area contributed by atoms with E-state index in [-0.39, 0.29) is 17.7 Å². The second-order valence-corrected chi connectivity index (χ2v) is 6.68. The molecule has 8 heteroatoms. The van der Waals surface area contributed by atoms with Crippen molar-refractivity contribution in [3.8, 4) is 5.69 Å². The van der Waals surface area contributed by atoms with Crippen LogP contribution in [0.25, 0.3) is 5.69 Å². The highest BCUT2D eigenvalue weighted by molar-refractivity contribution is 5.95. The van der Waals surface area contributed by atoms with E-state index < -0.39 is 5.82 Å². The van der Waals surface area contributed by atoms with Crippen molar-refractivity contribution >= 4 is 11.8 Å². The van der Waals surface area contributed by atoms with Crippen LogP contribution in [0.4, 0.5) is 4.39 Å². The van der Waals surface area contributed by atoms with Crippen LogP contribution >= 0.6 is 0 Å². The lowest BCUT2D eigenvalue weighted by atomic mass is 9.96. The Bertz CT molecular complexity index is 835. The number of carbonyl (C=O) groups is 2. The third kappa shape index (κ3) is 4.00. The van der Waals surface area contributed by atoms with Crippen LogP contribution in [0.15, 0.2) is 30.5 Å². The number of nitrogens with zero attached hydrogens (tertiary/aromatic N) is 3. The van der Waals surface area contributed by atoms with Gasteiger partial charge >= 0.3 is 0 Å². The summed E-state index contributed by atoms with van der Waals surface area (Å²) in [5.74, 6) is -0.906. The topological polar surface area (TPSA) is 93.2 Å². The number of piperidine rings is 1. The first kappa shape index (κ1) is 19.0. The average molecular weight is 373 g/mol. The Hall–Kier alpha value is -2.74. The lowest BCUT2D eigenvalue weighted by Gasteiger charge is -2.32. The van der Waals surface area contributed by atoms with Crippen molar-refractivity contribution in [2.24, 2.45) is 11.7 Å². The van der Waals surface area contributed by atoms with Crippen molar-refractivity contribution in [1.82, 2.24) is 20.0 Å². The van der Waals surface area contributed by atoms with Gasteiger partial charge in [0, 0.05) is 26.2 Å². The first-order chi connectivity index (χ1) is 13.0. The Morgan fingerprint density at radius 2 is 2.15 bits per heavy atom. The number of nitrogens with one attached hydrogen (secondary N) is 1. The summed E-state index contributed by atoms with van der Waals surface area (Å²) in [7, 11) is 0. The molecule has 0 aliphatic carbocycles. The zero-order valence-electron chi connectivity index (χ0n) is 15.3. The van der Waals surface area contributed by atoms with E-state index in [0.29, 0.717) is 43.1 Å². The number of hydrogen-bond donors (Lipinski definition) is 2. The maximum atomic E-state index is 14.1. The third-order valence-electron chi connectivity index (χ3n) is 4.84. The van der Waals surface area contributed by atoms with Crippen molar-refractivity contribution in [3.63, 3.8) is 0 Å². The Morgan fingerprint density at radius 3 is 2.89 bits per heavy atom. The standard InChI is InChI=1S/C19H24FN5O2/c1-13-15(11-23-25(13)17-7-3-2-6-16(17)20)19(27)24-10-4-5-14(12-24)18(26)22-9-8-21/h2-3,6-7,11,14H,4-5,8-10,12,21H2,1H3,(H,22,26). The molecular formula is C19H24FN5O2. The molecule has 1 atom stereocenters. The number of amides is 2. The van der Waals surface area contributed by atoms with Crippen molar-refractivity contribution in [2.45, 2.75) is 19.8 Å². The molecule has 27 heavy (non-hydrogen) atoms. The Labute approximate surface area is 157 Å². The zero-order valence-corrected chi connectivity index (χ0v) is 15.3. The molecular weight excluding hydrogens is 349 g/mol. The predicted molar refractivity (Wildman–Crippen MR) is 99.0 cm³/mol. The second-order valence-electron chi connectivity index (χ2n) is 6.68. The lowest BCUT2D eigenvalue weighted by Crippen LogP contribution is -2.46. The largest absolute Gasteiger partial charge is 0.355 e. The molecule has 1 aliphatic rings. The highest BCUT2D eigenvalue weighted by Gasteiger charge is 2.30. The van der Waals surface area contributed by atoms with Gasteiger partial charge < -0.3 is 16.0 Å². The summed E-state index contributed by atoms with van der Waals surface area (Å²) < 4.78 is 15.5. The molecule has 0 spiro atoms. The number of benzene rings is 1. The van der Waals surface area contributed by atoms with Crippen LogP contribution in [0.2, 0.25) is 0 Å². The molecule has 2 heterocycles. The van der Waals surface area contributed by atoms with Crippen LogP contribution < -0.4 is 11.1 Å². The number of nitrogens with two attached hydrogens (primary N) is 1. The van der Waals surface area contributed by atoms with Crippen molar-refractivity contribution in [3.05, 3.63) is 47.5 Å². The normalized spacial score (nSPS) is 17.0. The van der Waals surface area contributed by atoms with E-state index in [2.05, 4.69) is 10.4 Å². The molecule has 1 aromatic carbocycles. The number of halogens is 1. The molecule has 3 rings (SSSR count). The minimum atomic E-state index is -0.405. The molecule has 1 unspecified atom stereocenters. The quantitative estimate of drug-likeness (QED) is 0.825. The Balaban J connectivity index is 1.76. The molecule has 2 amide bonds. The predicted octanol–water partition coefficient (Wildman–Crippen LogP) is 1.25. The Kier molecular flexibility index (Phi) is 5.85. The van der Waals surface area contributed by atoms with Gasteiger partial charge in [-0.05, 0) is 31.9 Å². The number of rotatable bonds is 5. The van der Waals surface area contributed by atoms with Gasteiger partial charge in [0.1, 0.15) is 11.5 Å². The number of para-hydroxylation sites is 1. The Morgan fingerprint density at radius 1 is 1.37 bits per heavy atom. The van der Waals surface area contributed by atoms with E-state index in [0.717, 1.165) is 12.8 Å². The summed E-state index contributed by atoms with van der Waals surface area (Å²) in [4.78, 5) is 26.8. The molecule has 0 saturated carbocycles. The highest BCUT2D eigenvalue weighted by atomic mass is 19.1. The van der Waals surface area contributed by atoms with Crippen LogP contribution in [-0.4, -0.2) is 52.7 Å². The zero-order chi connectivity index (χ0) is 19.4. The van der Waals surface area contributed by atoms with Crippen LogP contribution in [0, 0.1) is 18.7 Å². The SMILES string of the molecule is Cc1c(C(=O)N2CCCC(C(=O)NCCN)C2)cnn1-c1ccccc1F. The van der Waals surface area contributed by atoms with Gasteiger partial charge in [0.2, 0.25) is 5.91 Å². The van der Waals surface area contributed by atoms with Gasteiger partial charge in [0.15, 0.2) is 0 Å². The van der Waals surface area contributed by atoms with Crippen molar-refractivity contribution in [2.75, 3.05) is 26.2 Å². The van der Waals surface area contributed by atoms with Crippen molar-refractivity contribution in [1.29, 1.82) is 0 Å². The van der Waals surface area contributed by atoms with Gasteiger partial charge in [-0.25, -0.2) is 9.07 Å². The lowest BCUT2D eigenvalue weighted by molar-refractivity contribution is -0.126. The monoisotopic (exact) mass is 373 g/mol. The summed E-state index contributed by atoms with van der Waals surface area (Å²) in [6, 6.07) is 6.29. The fourth-order valence-electron chi connectivity index (χ4n) is 3.37. The number of carbonyl (C=O) groups excluding carboxylic acids is 2. The number of aromatic nitrogens is 2. The maximum Gasteiger partial charge on any atom is 0.257 e. The third-order valence-corrected chi connectivity index (χ3v) is 4.84. The van der Waals surface area contributed by atoms with Gasteiger partial charge in [-0.15, -0.1) is 0 Å². The van der Waals surface area contributed by atoms with Gasteiger partial charge in [-0.2, -0.15) is 5.10 Å². The maximum absolute atomic E-state index is 14.1. The van der Waals surface area contributed by atoms with Crippen LogP contribution in [0.1, 0.15) is 28.9 Å². The van der Waals surface area contributed by atoms with Crippen LogP contribution in [0.5, 0.6) is 0 Å². The fourth-order valence-corrected chi connectivity index (χ4v) is 3.37. The highest BCUT2D eigenvalue weighted by Crippen LogP contribution is 2.22. The summed E-state index contributed by atoms with van der Waals surface area (Å²) >= 11 is 0. The summed E-state index contributed by atoms with van der Waals surface area (Å²) in [6.07, 6.45) is 2.96. The van der Waals surface area contributed by atoms with Crippen LogP contribution in [0.3, 0.4) is 0 Å². The molecule has 1 saturated heterocycles. The van der Waals surface area contributed by atoms with Crippen molar-refractivity contribution < 1.29 is 14.0 Å². The molecule has 144 valence electrons. The molecule has 1 fully saturated rings. The van der Waals surface area contributed by atoms with Gasteiger partial charge in [0.05, 0.1) is 23.4 Å². The van der Waals surface area contributed by atoms with Crippen LogP contribution in [-0.2, 0) is 4.79 Å². The average Bonchev–Trinajstić information content (AvgIpc) is 3.07. The smallest absolute Gasteiger partial charge is 0.257 e. The summed E-state index contributed by atoms with van der Waals surface area (Å²) in [5, 5.41) is 6.98. The number of hydrogen-bond acceptors (Lipinski definition) is 4. The van der Waals surface area contributed by atoms with E-state index >= 15 is 0 Å².